The van der Waals surface area contributed by atoms with E-state index < -0.39 is 0 Å². The zero-order valence-electron chi connectivity index (χ0n) is 8.83. The van der Waals surface area contributed by atoms with Crippen LogP contribution in [0.3, 0.4) is 0 Å². The summed E-state index contributed by atoms with van der Waals surface area (Å²) in [6.45, 7) is 4.18. The van der Waals surface area contributed by atoms with E-state index in [2.05, 4.69) is 56.3 Å². The van der Waals surface area contributed by atoms with Crippen molar-refractivity contribution in [2.75, 3.05) is 19.0 Å². The van der Waals surface area contributed by atoms with E-state index in [0.717, 1.165) is 0 Å². The second-order valence-electron chi connectivity index (χ2n) is 3.44. The SMILES string of the molecule is CC=Cc1ccc(N(C)C)cc1C. The summed E-state index contributed by atoms with van der Waals surface area (Å²) in [5.74, 6) is 0. The van der Waals surface area contributed by atoms with Gasteiger partial charge in [-0.05, 0) is 37.1 Å². The maximum Gasteiger partial charge on any atom is 0.0364 e. The first-order valence-corrected chi connectivity index (χ1v) is 4.56. The molecule has 0 bridgehead atoms. The first-order chi connectivity index (χ1) is 6.15. The molecule has 0 aliphatic heterocycles. The number of aryl methyl sites for hydroxylation is 1. The molecule has 0 aromatic heterocycles. The number of allylic oxidation sites excluding steroid dienone is 1. The third-order valence-corrected chi connectivity index (χ3v) is 2.12. The molecule has 1 heteroatoms. The highest BCUT2D eigenvalue weighted by Gasteiger charge is 1.97. The van der Waals surface area contributed by atoms with Crippen molar-refractivity contribution < 1.29 is 0 Å². The zero-order chi connectivity index (χ0) is 9.84. The molecule has 0 atom stereocenters. The maximum atomic E-state index is 2.20. The van der Waals surface area contributed by atoms with E-state index >= 15 is 0 Å². The first-order valence-electron chi connectivity index (χ1n) is 4.56. The van der Waals surface area contributed by atoms with Gasteiger partial charge in [0.25, 0.3) is 0 Å². The Labute approximate surface area is 80.7 Å². The molecule has 1 rings (SSSR count). The molecule has 0 saturated carbocycles. The fourth-order valence-electron chi connectivity index (χ4n) is 1.30. The number of hydrogen-bond acceptors (Lipinski definition) is 1. The smallest absolute Gasteiger partial charge is 0.0364 e. The zero-order valence-corrected chi connectivity index (χ0v) is 8.83. The Morgan fingerprint density at radius 1 is 1.23 bits per heavy atom. The number of rotatable bonds is 2. The molecular weight excluding hydrogens is 158 g/mol. The van der Waals surface area contributed by atoms with Gasteiger partial charge < -0.3 is 4.90 Å². The summed E-state index contributed by atoms with van der Waals surface area (Å²) >= 11 is 0. The topological polar surface area (TPSA) is 3.24 Å². The Balaban J connectivity index is 3.05. The lowest BCUT2D eigenvalue weighted by atomic mass is 10.1. The lowest BCUT2D eigenvalue weighted by Gasteiger charge is -2.13. The number of anilines is 1. The normalized spacial score (nSPS) is 10.8. The molecule has 0 radical (unpaired) electrons. The van der Waals surface area contributed by atoms with Crippen LogP contribution in [-0.2, 0) is 0 Å². The molecule has 0 fully saturated rings. The molecule has 0 amide bonds. The Morgan fingerprint density at radius 3 is 2.38 bits per heavy atom. The van der Waals surface area contributed by atoms with E-state index in [1.807, 2.05) is 6.92 Å². The summed E-state index contributed by atoms with van der Waals surface area (Å²) in [5, 5.41) is 0. The predicted molar refractivity (Wildman–Crippen MR) is 60.2 cm³/mol. The van der Waals surface area contributed by atoms with E-state index in [1.165, 1.54) is 16.8 Å². The Hall–Kier alpha value is -1.24. The number of nitrogens with zero attached hydrogens (tertiary/aromatic N) is 1. The van der Waals surface area contributed by atoms with Crippen molar-refractivity contribution in [1.82, 2.24) is 0 Å². The Morgan fingerprint density at radius 2 is 1.92 bits per heavy atom. The second kappa shape index (κ2) is 4.13. The van der Waals surface area contributed by atoms with E-state index in [-0.39, 0.29) is 0 Å². The van der Waals surface area contributed by atoms with Crippen LogP contribution in [0.15, 0.2) is 24.3 Å². The van der Waals surface area contributed by atoms with Crippen molar-refractivity contribution in [1.29, 1.82) is 0 Å². The van der Waals surface area contributed by atoms with Crippen LogP contribution in [0, 0.1) is 6.92 Å². The molecule has 1 aromatic carbocycles. The molecule has 0 aliphatic rings. The quantitative estimate of drug-likeness (QED) is 0.667. The van der Waals surface area contributed by atoms with Gasteiger partial charge in [0.05, 0.1) is 0 Å². The van der Waals surface area contributed by atoms with Crippen molar-refractivity contribution in [3.05, 3.63) is 35.4 Å². The molecule has 1 aromatic rings. The Bertz CT molecular complexity index is 311. The van der Waals surface area contributed by atoms with Crippen LogP contribution in [0.25, 0.3) is 6.08 Å². The summed E-state index contributed by atoms with van der Waals surface area (Å²) in [5.41, 5.74) is 3.88. The fraction of sp³-hybridized carbons (Fsp3) is 0.333. The van der Waals surface area contributed by atoms with Crippen LogP contribution < -0.4 is 4.90 Å². The van der Waals surface area contributed by atoms with Crippen molar-refractivity contribution >= 4 is 11.8 Å². The number of hydrogen-bond donors (Lipinski definition) is 0. The minimum absolute atomic E-state index is 1.26. The van der Waals surface area contributed by atoms with E-state index in [1.54, 1.807) is 0 Å². The van der Waals surface area contributed by atoms with Gasteiger partial charge in [-0.15, -0.1) is 0 Å². The van der Waals surface area contributed by atoms with Crippen LogP contribution in [0.4, 0.5) is 5.69 Å². The van der Waals surface area contributed by atoms with Crippen LogP contribution in [0.5, 0.6) is 0 Å². The standard InChI is InChI=1S/C12H17N/c1-5-6-11-7-8-12(13(3)4)9-10(11)2/h5-9H,1-4H3. The van der Waals surface area contributed by atoms with Gasteiger partial charge in [-0.3, -0.25) is 0 Å². The molecule has 13 heavy (non-hydrogen) atoms. The van der Waals surface area contributed by atoms with Gasteiger partial charge in [0, 0.05) is 19.8 Å². The van der Waals surface area contributed by atoms with E-state index in [0.29, 0.717) is 0 Å². The molecule has 0 aliphatic carbocycles. The van der Waals surface area contributed by atoms with E-state index in [4.69, 9.17) is 0 Å². The Kier molecular flexibility index (Phi) is 3.13. The highest BCUT2D eigenvalue weighted by atomic mass is 15.1. The monoisotopic (exact) mass is 175 g/mol. The van der Waals surface area contributed by atoms with Gasteiger partial charge in [0.15, 0.2) is 0 Å². The van der Waals surface area contributed by atoms with Crippen molar-refractivity contribution in [2.24, 2.45) is 0 Å². The predicted octanol–water partition coefficient (Wildman–Crippen LogP) is 3.09. The van der Waals surface area contributed by atoms with Gasteiger partial charge in [0.1, 0.15) is 0 Å². The summed E-state index contributed by atoms with van der Waals surface area (Å²) in [6, 6.07) is 6.50. The second-order valence-corrected chi connectivity index (χ2v) is 3.44. The average molecular weight is 175 g/mol. The maximum absolute atomic E-state index is 2.20. The van der Waals surface area contributed by atoms with Gasteiger partial charge in [0.2, 0.25) is 0 Å². The summed E-state index contributed by atoms with van der Waals surface area (Å²) in [4.78, 5) is 2.12. The highest BCUT2D eigenvalue weighted by Crippen LogP contribution is 2.18. The van der Waals surface area contributed by atoms with Crippen LogP contribution in [-0.4, -0.2) is 14.1 Å². The van der Waals surface area contributed by atoms with Crippen LogP contribution >= 0.6 is 0 Å². The van der Waals surface area contributed by atoms with Gasteiger partial charge in [-0.1, -0.05) is 18.2 Å². The lowest BCUT2D eigenvalue weighted by Crippen LogP contribution is -2.08. The molecule has 70 valence electrons. The van der Waals surface area contributed by atoms with Crippen molar-refractivity contribution in [2.45, 2.75) is 13.8 Å². The molecule has 0 N–H and O–H groups in total. The fourth-order valence-corrected chi connectivity index (χ4v) is 1.30. The van der Waals surface area contributed by atoms with E-state index in [9.17, 15) is 0 Å². The van der Waals surface area contributed by atoms with Gasteiger partial charge in [-0.25, -0.2) is 0 Å². The summed E-state index contributed by atoms with van der Waals surface area (Å²) in [6.07, 6.45) is 4.20. The van der Waals surface area contributed by atoms with Crippen molar-refractivity contribution in [3.63, 3.8) is 0 Å². The minimum Gasteiger partial charge on any atom is -0.378 e. The molecular formula is C12H17N. The molecule has 0 heterocycles. The third-order valence-electron chi connectivity index (χ3n) is 2.12. The summed E-state index contributed by atoms with van der Waals surface area (Å²) < 4.78 is 0. The molecule has 0 spiro atoms. The molecule has 1 nitrogen and oxygen atoms in total. The number of benzene rings is 1. The lowest BCUT2D eigenvalue weighted by molar-refractivity contribution is 1.13. The van der Waals surface area contributed by atoms with Gasteiger partial charge in [-0.2, -0.15) is 0 Å². The first kappa shape index (κ1) is 9.85. The van der Waals surface area contributed by atoms with Crippen LogP contribution in [0.2, 0.25) is 0 Å². The van der Waals surface area contributed by atoms with Crippen LogP contribution in [0.1, 0.15) is 18.1 Å². The third kappa shape index (κ3) is 2.35. The molecule has 0 unspecified atom stereocenters. The highest BCUT2D eigenvalue weighted by molar-refractivity contribution is 5.59. The minimum atomic E-state index is 1.26. The summed E-state index contributed by atoms with van der Waals surface area (Å²) in [7, 11) is 4.12. The van der Waals surface area contributed by atoms with Gasteiger partial charge >= 0.3 is 0 Å². The average Bonchev–Trinajstić information content (AvgIpc) is 2.08. The van der Waals surface area contributed by atoms with Crippen molar-refractivity contribution in [3.8, 4) is 0 Å². The largest absolute Gasteiger partial charge is 0.378 e. The molecule has 0 saturated heterocycles.